The van der Waals surface area contributed by atoms with Crippen LogP contribution >= 0.6 is 0 Å². The number of nitrogens with zero attached hydrogens (tertiary/aromatic N) is 1. The van der Waals surface area contributed by atoms with Crippen LogP contribution in [0.1, 0.15) is 0 Å². The van der Waals surface area contributed by atoms with Crippen LogP contribution in [0.25, 0.3) is 0 Å². The van der Waals surface area contributed by atoms with Crippen molar-refractivity contribution in [1.82, 2.24) is 3.64 Å². The number of aldehydes is 1. The monoisotopic (exact) mass is 136 g/mol. The number of carbonyl (C=O) groups is 1. The molecule has 0 saturated carbocycles. The maximum absolute atomic E-state index is 9.59. The molecule has 31 valence electrons. The summed E-state index contributed by atoms with van der Waals surface area (Å²) >= 11 is 1.07. The summed E-state index contributed by atoms with van der Waals surface area (Å²) in [6.07, 6.45) is 0.906. The van der Waals surface area contributed by atoms with Crippen LogP contribution in [0.15, 0.2) is 0 Å². The summed E-state index contributed by atoms with van der Waals surface area (Å²) in [6, 6.07) is 0. The molecular weight excluding hydrogens is 131 g/mol. The molecule has 3 heteroatoms. The Kier molecular flexibility index (Phi) is 3.59. The van der Waals surface area contributed by atoms with Crippen LogP contribution in [0.4, 0.5) is 0 Å². The zero-order valence-corrected chi connectivity index (χ0v) is 6.81. The summed E-state index contributed by atoms with van der Waals surface area (Å²) in [4.78, 5) is 9.59. The van der Waals surface area contributed by atoms with E-state index in [0.717, 1.165) is 24.8 Å². The molecule has 0 rings (SSSR count). The number of hydrogen-bond acceptors (Lipinski definition) is 2. The quantitative estimate of drug-likeness (QED) is 0.381. The van der Waals surface area contributed by atoms with Crippen molar-refractivity contribution in [2.24, 2.45) is 0 Å². The molecule has 0 fully saturated rings. The van der Waals surface area contributed by atoms with Crippen molar-refractivity contribution >= 4 is 6.29 Å². The number of rotatable bonds is 2. The molecule has 6 heavy (non-hydrogen) atoms. The van der Waals surface area contributed by atoms with Crippen molar-refractivity contribution in [2.45, 2.75) is 0 Å². The molecule has 0 saturated heterocycles. The SMILES string of the molecule is C[N]([Zn])CC=O. The zero-order chi connectivity index (χ0) is 4.99. The van der Waals surface area contributed by atoms with E-state index in [2.05, 4.69) is 0 Å². The summed E-state index contributed by atoms with van der Waals surface area (Å²) in [6.45, 7) is 0.583. The molecule has 0 N–H and O–H groups in total. The van der Waals surface area contributed by atoms with Gasteiger partial charge in [-0.05, 0) is 0 Å². The van der Waals surface area contributed by atoms with Crippen LogP contribution in [0.2, 0.25) is 0 Å². The Labute approximate surface area is 47.5 Å². The van der Waals surface area contributed by atoms with Crippen LogP contribution < -0.4 is 0 Å². The van der Waals surface area contributed by atoms with Crippen molar-refractivity contribution in [3.63, 3.8) is 0 Å². The van der Waals surface area contributed by atoms with E-state index >= 15 is 0 Å². The first-order valence-electron chi connectivity index (χ1n) is 1.72. The number of carbonyl (C=O) groups excluding carboxylic acids is 1. The van der Waals surface area contributed by atoms with E-state index in [1.165, 1.54) is 0 Å². The molecule has 0 aliphatic rings. The van der Waals surface area contributed by atoms with Gasteiger partial charge in [0.05, 0.1) is 0 Å². The third kappa shape index (κ3) is 4.25. The van der Waals surface area contributed by atoms with Gasteiger partial charge in [-0.15, -0.1) is 0 Å². The maximum atomic E-state index is 9.59. The molecule has 0 atom stereocenters. The molecule has 0 heterocycles. The van der Waals surface area contributed by atoms with Crippen LogP contribution in [-0.4, -0.2) is 23.5 Å². The van der Waals surface area contributed by atoms with Gasteiger partial charge in [-0.1, -0.05) is 0 Å². The van der Waals surface area contributed by atoms with Crippen molar-refractivity contribution in [2.75, 3.05) is 13.6 Å². The van der Waals surface area contributed by atoms with Crippen molar-refractivity contribution in [3.8, 4) is 0 Å². The molecule has 0 aromatic heterocycles. The van der Waals surface area contributed by atoms with Gasteiger partial charge in [0.25, 0.3) is 0 Å². The van der Waals surface area contributed by atoms with Gasteiger partial charge in [0.15, 0.2) is 0 Å². The molecule has 0 aliphatic heterocycles. The average Bonchev–Trinajstić information content (AvgIpc) is 1.35. The van der Waals surface area contributed by atoms with Gasteiger partial charge in [0.1, 0.15) is 0 Å². The summed E-state index contributed by atoms with van der Waals surface area (Å²) in [7, 11) is 1.91. The van der Waals surface area contributed by atoms with Crippen LogP contribution in [-0.2, 0) is 23.3 Å². The number of likely N-dealkylation sites (N-methyl/N-ethyl adjacent to an activating group) is 1. The second-order valence-electron chi connectivity index (χ2n) is 1.21. The van der Waals surface area contributed by atoms with Gasteiger partial charge >= 0.3 is 46.9 Å². The normalized spacial score (nSPS) is 9.33. The molecule has 0 bridgehead atoms. The van der Waals surface area contributed by atoms with Gasteiger partial charge in [-0.25, -0.2) is 0 Å². The molecule has 0 spiro atoms. The fourth-order valence-corrected chi connectivity index (χ4v) is 0.348. The van der Waals surface area contributed by atoms with E-state index in [0.29, 0.717) is 6.54 Å². The molecule has 0 amide bonds. The van der Waals surface area contributed by atoms with Crippen LogP contribution in [0.3, 0.4) is 0 Å². The Morgan fingerprint density at radius 1 is 2.00 bits per heavy atom. The Morgan fingerprint density at radius 3 is 2.50 bits per heavy atom. The Hall–Kier alpha value is 0.253. The molecule has 0 aromatic carbocycles. The second kappa shape index (κ2) is 3.44. The van der Waals surface area contributed by atoms with E-state index in [9.17, 15) is 4.79 Å². The minimum atomic E-state index is 0.583. The molecule has 2 nitrogen and oxygen atoms in total. The van der Waals surface area contributed by atoms with E-state index in [1.54, 1.807) is 0 Å². The fourth-order valence-electron chi connectivity index (χ4n) is 0.127. The molecule has 0 aromatic rings. The van der Waals surface area contributed by atoms with Gasteiger partial charge < -0.3 is 0 Å². The molecule has 0 radical (unpaired) electrons. The van der Waals surface area contributed by atoms with Crippen molar-refractivity contribution in [3.05, 3.63) is 0 Å². The first-order chi connectivity index (χ1) is 2.77. The summed E-state index contributed by atoms with van der Waals surface area (Å²) in [5, 5.41) is 0. The predicted molar refractivity (Wildman–Crippen MR) is 18.7 cm³/mol. The van der Waals surface area contributed by atoms with Gasteiger partial charge in [0, 0.05) is 0 Å². The van der Waals surface area contributed by atoms with Crippen molar-refractivity contribution < 1.29 is 23.3 Å². The van der Waals surface area contributed by atoms with E-state index in [-0.39, 0.29) is 0 Å². The third-order valence-electron chi connectivity index (χ3n) is 0.386. The van der Waals surface area contributed by atoms with Crippen LogP contribution in [0, 0.1) is 0 Å². The van der Waals surface area contributed by atoms with Crippen LogP contribution in [0.5, 0.6) is 0 Å². The van der Waals surface area contributed by atoms with E-state index < -0.39 is 0 Å². The minimum absolute atomic E-state index is 0.583. The Morgan fingerprint density at radius 2 is 2.50 bits per heavy atom. The van der Waals surface area contributed by atoms with Gasteiger partial charge in [0.2, 0.25) is 0 Å². The third-order valence-corrected chi connectivity index (χ3v) is 0.928. The first-order valence-corrected chi connectivity index (χ1v) is 3.05. The molecule has 0 unspecified atom stereocenters. The van der Waals surface area contributed by atoms with Crippen molar-refractivity contribution in [1.29, 1.82) is 0 Å². The topological polar surface area (TPSA) is 20.3 Å². The standard InChI is InChI=1S/C3H6NO.Zn/c1-4-2-3-5;/h3H,2H2,1H3;/q-1;+1. The van der Waals surface area contributed by atoms with Gasteiger partial charge in [-0.2, -0.15) is 0 Å². The molecular formula is C3H6NOZn. The Balaban J connectivity index is 2.81. The summed E-state index contributed by atoms with van der Waals surface area (Å²) < 4.78 is 1.94. The van der Waals surface area contributed by atoms with E-state index in [1.807, 2.05) is 10.7 Å². The number of hydrogen-bond donors (Lipinski definition) is 0. The summed E-state index contributed by atoms with van der Waals surface area (Å²) in [5.41, 5.74) is 0. The second-order valence-corrected chi connectivity index (χ2v) is 3.47. The molecule has 0 aliphatic carbocycles. The zero-order valence-electron chi connectivity index (χ0n) is 3.85. The fraction of sp³-hybridized carbons (Fsp3) is 0.667. The summed E-state index contributed by atoms with van der Waals surface area (Å²) in [5.74, 6) is 0. The van der Waals surface area contributed by atoms with Gasteiger partial charge in [-0.3, -0.25) is 0 Å². The average molecular weight is 137 g/mol. The van der Waals surface area contributed by atoms with E-state index in [4.69, 9.17) is 0 Å². The Bertz CT molecular complexity index is 46.1. The predicted octanol–water partition coefficient (Wildman–Crippen LogP) is -0.421. The first kappa shape index (κ1) is 6.25.